The molecule has 0 N–H and O–H groups in total. The molecule has 3 heteroatoms. The van der Waals surface area contributed by atoms with E-state index in [2.05, 4.69) is 13.8 Å². The van der Waals surface area contributed by atoms with Gasteiger partial charge in [-0.2, -0.15) is 0 Å². The lowest BCUT2D eigenvalue weighted by molar-refractivity contribution is -0.148. The maximum Gasteiger partial charge on any atom is 0.311 e. The molecule has 0 bridgehead atoms. The third-order valence-corrected chi connectivity index (χ3v) is 3.14. The van der Waals surface area contributed by atoms with E-state index in [1.54, 1.807) is 11.3 Å². The highest BCUT2D eigenvalue weighted by atomic mass is 32.1. The summed E-state index contributed by atoms with van der Waals surface area (Å²) < 4.78 is 5.38. The molecule has 0 aliphatic carbocycles. The fourth-order valence-corrected chi connectivity index (χ4v) is 2.14. The van der Waals surface area contributed by atoms with Crippen LogP contribution >= 0.6 is 11.3 Å². The lowest BCUT2D eigenvalue weighted by atomic mass is 10.1. The highest BCUT2D eigenvalue weighted by Crippen LogP contribution is 2.12. The van der Waals surface area contributed by atoms with Crippen LogP contribution in [0.5, 0.6) is 0 Å². The first kappa shape index (κ1) is 12.2. The minimum absolute atomic E-state index is 0.0993. The molecule has 1 heterocycles. The van der Waals surface area contributed by atoms with Gasteiger partial charge in [0.15, 0.2) is 0 Å². The fraction of sp³-hybridized carbons (Fsp3) is 0.583. The Balaban J connectivity index is 2.34. The van der Waals surface area contributed by atoms with Gasteiger partial charge in [0.05, 0.1) is 6.42 Å². The zero-order valence-electron chi connectivity index (χ0n) is 9.36. The Morgan fingerprint density at radius 1 is 1.53 bits per heavy atom. The summed E-state index contributed by atoms with van der Waals surface area (Å²) in [5, 5.41) is 1.98. The molecule has 84 valence electrons. The standard InChI is InChI=1S/C12H18O2S/c1-3-6-10(4-2)14-12(13)9-11-7-5-8-15-11/h5,7-8,10H,3-4,6,9H2,1-2H3. The number of hydrogen-bond acceptors (Lipinski definition) is 3. The predicted molar refractivity (Wildman–Crippen MR) is 63.1 cm³/mol. The number of hydrogen-bond donors (Lipinski definition) is 0. The maximum absolute atomic E-state index is 11.5. The molecule has 0 radical (unpaired) electrons. The van der Waals surface area contributed by atoms with Gasteiger partial charge >= 0.3 is 5.97 Å². The largest absolute Gasteiger partial charge is 0.462 e. The van der Waals surface area contributed by atoms with E-state index in [1.807, 2.05) is 17.5 Å². The van der Waals surface area contributed by atoms with Crippen LogP contribution in [0.15, 0.2) is 17.5 Å². The highest BCUT2D eigenvalue weighted by molar-refractivity contribution is 7.10. The van der Waals surface area contributed by atoms with Crippen molar-refractivity contribution in [3.8, 4) is 0 Å². The summed E-state index contributed by atoms with van der Waals surface area (Å²) in [4.78, 5) is 12.6. The molecule has 0 saturated heterocycles. The third kappa shape index (κ3) is 4.47. The lowest BCUT2D eigenvalue weighted by Gasteiger charge is -2.14. The minimum atomic E-state index is -0.0993. The molecule has 1 atom stereocenters. The predicted octanol–water partition coefficient (Wildman–Crippen LogP) is 3.41. The number of ether oxygens (including phenoxy) is 1. The van der Waals surface area contributed by atoms with Gasteiger partial charge in [0.25, 0.3) is 0 Å². The average molecular weight is 226 g/mol. The molecule has 1 aromatic heterocycles. The summed E-state index contributed by atoms with van der Waals surface area (Å²) >= 11 is 1.60. The Morgan fingerprint density at radius 2 is 2.33 bits per heavy atom. The number of carbonyl (C=O) groups is 1. The summed E-state index contributed by atoms with van der Waals surface area (Å²) in [6, 6.07) is 3.92. The van der Waals surface area contributed by atoms with E-state index in [4.69, 9.17) is 4.74 Å². The van der Waals surface area contributed by atoms with Crippen LogP contribution in [0.1, 0.15) is 38.0 Å². The fourth-order valence-electron chi connectivity index (χ4n) is 1.45. The molecule has 0 spiro atoms. The van der Waals surface area contributed by atoms with Crippen LogP contribution in [-0.2, 0) is 16.0 Å². The van der Waals surface area contributed by atoms with Crippen molar-refractivity contribution in [2.75, 3.05) is 0 Å². The van der Waals surface area contributed by atoms with E-state index in [0.717, 1.165) is 24.1 Å². The van der Waals surface area contributed by atoms with Crippen molar-refractivity contribution in [3.05, 3.63) is 22.4 Å². The molecule has 1 rings (SSSR count). The van der Waals surface area contributed by atoms with E-state index in [1.165, 1.54) is 0 Å². The second-order valence-corrected chi connectivity index (χ2v) is 4.60. The van der Waals surface area contributed by atoms with Gasteiger partial charge in [0, 0.05) is 4.88 Å². The van der Waals surface area contributed by atoms with Gasteiger partial charge in [-0.05, 0) is 24.3 Å². The summed E-state index contributed by atoms with van der Waals surface area (Å²) in [7, 11) is 0. The second-order valence-electron chi connectivity index (χ2n) is 3.56. The lowest BCUT2D eigenvalue weighted by Crippen LogP contribution is -2.18. The molecular weight excluding hydrogens is 208 g/mol. The number of carbonyl (C=O) groups excluding carboxylic acids is 1. The van der Waals surface area contributed by atoms with Gasteiger partial charge in [-0.25, -0.2) is 0 Å². The third-order valence-electron chi connectivity index (χ3n) is 2.26. The molecular formula is C12H18O2S. The van der Waals surface area contributed by atoms with Crippen LogP contribution in [0.3, 0.4) is 0 Å². The van der Waals surface area contributed by atoms with Crippen molar-refractivity contribution >= 4 is 17.3 Å². The van der Waals surface area contributed by atoms with Crippen LogP contribution in [0, 0.1) is 0 Å². The molecule has 0 fully saturated rings. The van der Waals surface area contributed by atoms with Crippen molar-refractivity contribution in [3.63, 3.8) is 0 Å². The van der Waals surface area contributed by atoms with Gasteiger partial charge < -0.3 is 4.74 Å². The zero-order valence-corrected chi connectivity index (χ0v) is 10.2. The normalized spacial score (nSPS) is 12.4. The van der Waals surface area contributed by atoms with Crippen molar-refractivity contribution in [2.45, 2.75) is 45.6 Å². The highest BCUT2D eigenvalue weighted by Gasteiger charge is 2.12. The summed E-state index contributed by atoms with van der Waals surface area (Å²) in [6.45, 7) is 4.16. The summed E-state index contributed by atoms with van der Waals surface area (Å²) in [5.74, 6) is -0.0993. The van der Waals surface area contributed by atoms with Gasteiger partial charge in [0.1, 0.15) is 6.10 Å². The van der Waals surface area contributed by atoms with E-state index in [0.29, 0.717) is 6.42 Å². The van der Waals surface area contributed by atoms with Crippen molar-refractivity contribution in [2.24, 2.45) is 0 Å². The smallest absolute Gasteiger partial charge is 0.311 e. The topological polar surface area (TPSA) is 26.3 Å². The quantitative estimate of drug-likeness (QED) is 0.695. The van der Waals surface area contributed by atoms with Gasteiger partial charge in [-0.15, -0.1) is 11.3 Å². The van der Waals surface area contributed by atoms with Crippen LogP contribution < -0.4 is 0 Å². The second kappa shape index (κ2) is 6.62. The Kier molecular flexibility index (Phi) is 5.40. The Bertz CT molecular complexity index is 280. The molecule has 0 amide bonds. The van der Waals surface area contributed by atoms with E-state index >= 15 is 0 Å². The minimum Gasteiger partial charge on any atom is -0.462 e. The molecule has 0 aliphatic rings. The first-order valence-electron chi connectivity index (χ1n) is 5.48. The van der Waals surface area contributed by atoms with Crippen LogP contribution in [0.25, 0.3) is 0 Å². The van der Waals surface area contributed by atoms with Crippen LogP contribution in [0.4, 0.5) is 0 Å². The molecule has 1 unspecified atom stereocenters. The van der Waals surface area contributed by atoms with Crippen molar-refractivity contribution in [1.29, 1.82) is 0 Å². The van der Waals surface area contributed by atoms with E-state index in [-0.39, 0.29) is 12.1 Å². The van der Waals surface area contributed by atoms with E-state index < -0.39 is 0 Å². The van der Waals surface area contributed by atoms with Gasteiger partial charge in [-0.1, -0.05) is 26.3 Å². The van der Waals surface area contributed by atoms with Crippen molar-refractivity contribution in [1.82, 2.24) is 0 Å². The number of thiophene rings is 1. The Labute approximate surface area is 95.3 Å². The molecule has 0 saturated carbocycles. The average Bonchev–Trinajstić information content (AvgIpc) is 2.69. The first-order valence-corrected chi connectivity index (χ1v) is 6.36. The zero-order chi connectivity index (χ0) is 11.1. The molecule has 0 aromatic carbocycles. The summed E-state index contributed by atoms with van der Waals surface area (Å²) in [6.07, 6.45) is 3.45. The SMILES string of the molecule is CCCC(CC)OC(=O)Cc1cccs1. The molecule has 0 aliphatic heterocycles. The molecule has 1 aromatic rings. The monoisotopic (exact) mass is 226 g/mol. The molecule has 2 nitrogen and oxygen atoms in total. The van der Waals surface area contributed by atoms with E-state index in [9.17, 15) is 4.79 Å². The maximum atomic E-state index is 11.5. The Morgan fingerprint density at radius 3 is 2.87 bits per heavy atom. The van der Waals surface area contributed by atoms with Gasteiger partial charge in [-0.3, -0.25) is 4.79 Å². The van der Waals surface area contributed by atoms with Crippen LogP contribution in [0.2, 0.25) is 0 Å². The number of rotatable bonds is 6. The number of esters is 1. The summed E-state index contributed by atoms with van der Waals surface area (Å²) in [5.41, 5.74) is 0. The van der Waals surface area contributed by atoms with Crippen molar-refractivity contribution < 1.29 is 9.53 Å². The Hall–Kier alpha value is -0.830. The van der Waals surface area contributed by atoms with Gasteiger partial charge in [0.2, 0.25) is 0 Å². The first-order chi connectivity index (χ1) is 7.26. The van der Waals surface area contributed by atoms with Crippen LogP contribution in [-0.4, -0.2) is 12.1 Å². The molecule has 15 heavy (non-hydrogen) atoms.